The molecule has 57 heavy (non-hydrogen) atoms. The number of hydrogen-bond acceptors (Lipinski definition) is 23. The van der Waals surface area contributed by atoms with Gasteiger partial charge in [0.2, 0.25) is 0 Å². The van der Waals surface area contributed by atoms with Crippen LogP contribution in [0.2, 0.25) is 0 Å². The van der Waals surface area contributed by atoms with Crippen LogP contribution in [0.15, 0.2) is 95.8 Å². The summed E-state index contributed by atoms with van der Waals surface area (Å²) in [6.07, 6.45) is 0. The summed E-state index contributed by atoms with van der Waals surface area (Å²) in [7, 11) is -7.55. The van der Waals surface area contributed by atoms with Gasteiger partial charge in [0.1, 0.15) is 27.8 Å². The molecule has 7 N–H and O–H groups in total. The van der Waals surface area contributed by atoms with Crippen LogP contribution in [0.4, 0.5) is 22.7 Å². The van der Waals surface area contributed by atoms with Crippen molar-refractivity contribution in [2.75, 3.05) is 19.5 Å². The van der Waals surface area contributed by atoms with E-state index in [4.69, 9.17) is 19.4 Å². The Bertz CT molecular complexity index is 2590. The molecule has 0 radical (unpaired) electrons. The molecule has 1 heterocycles. The summed E-state index contributed by atoms with van der Waals surface area (Å²) in [4.78, 5) is 11.3. The van der Waals surface area contributed by atoms with E-state index in [2.05, 4.69) is 44.3 Å². The first kappa shape index (κ1) is 42.6. The first-order valence-corrected chi connectivity index (χ1v) is 19.4. The number of sulfone groups is 1. The molecule has 5 rings (SSSR count). The van der Waals surface area contributed by atoms with Gasteiger partial charge in [0, 0.05) is 17.5 Å². The van der Waals surface area contributed by atoms with Crippen LogP contribution in [0.5, 0.6) is 23.1 Å². The molecule has 4 aromatic carbocycles. The van der Waals surface area contributed by atoms with E-state index in [-0.39, 0.29) is 51.1 Å². The minimum Gasteiger partial charge on any atom is -0.506 e. The molecule has 24 nitrogen and oxygen atoms in total. The Kier molecular flexibility index (Phi) is 13.6. The Labute approximate surface area is 327 Å². The summed E-state index contributed by atoms with van der Waals surface area (Å²) in [5, 5.41) is 86.2. The molecular formula is C29H24N6O18S4. The van der Waals surface area contributed by atoms with Gasteiger partial charge in [-0.05, 0) is 47.9 Å². The number of ether oxygens (including phenoxy) is 1. The summed E-state index contributed by atoms with van der Waals surface area (Å²) in [5.41, 5.74) is -1.95. The van der Waals surface area contributed by atoms with E-state index < -0.39 is 76.8 Å². The zero-order valence-electron chi connectivity index (χ0n) is 28.1. The summed E-state index contributed by atoms with van der Waals surface area (Å²) in [6.45, 7) is -0.429. The number of carboxylic acids is 1. The minimum absolute atomic E-state index is 0.000617. The molecule has 0 atom stereocenters. The highest BCUT2D eigenvalue weighted by molar-refractivity contribution is 7.94. The second kappa shape index (κ2) is 18.2. The molecule has 0 bridgehead atoms. The van der Waals surface area contributed by atoms with Crippen LogP contribution in [0, 0.1) is 0 Å². The molecule has 0 amide bonds. The molecule has 302 valence electrons. The van der Waals surface area contributed by atoms with Gasteiger partial charge >= 0.3 is 5.97 Å². The van der Waals surface area contributed by atoms with E-state index >= 15 is 0 Å². The first-order valence-electron chi connectivity index (χ1n) is 14.9. The van der Waals surface area contributed by atoms with Crippen LogP contribution in [-0.2, 0) is 42.9 Å². The number of rotatable bonds is 18. The van der Waals surface area contributed by atoms with Crippen LogP contribution < -0.4 is 4.74 Å². The number of hydrogen-bond donors (Lipinski definition) is 7. The Morgan fingerprint density at radius 2 is 1.58 bits per heavy atom. The van der Waals surface area contributed by atoms with Crippen molar-refractivity contribution in [1.82, 2.24) is 9.78 Å². The summed E-state index contributed by atoms with van der Waals surface area (Å²) < 4.78 is 77.1. The van der Waals surface area contributed by atoms with E-state index in [0.717, 1.165) is 48.2 Å². The van der Waals surface area contributed by atoms with Crippen LogP contribution in [-0.4, -0.2) is 87.5 Å². The lowest BCUT2D eigenvalue weighted by Crippen LogP contribution is -2.12. The molecule has 0 fully saturated rings. The number of phenolic OH excluding ortho intramolecular Hbond substituents is 2. The first-order chi connectivity index (χ1) is 27.1. The fourth-order valence-corrected chi connectivity index (χ4v) is 7.34. The van der Waals surface area contributed by atoms with Crippen molar-refractivity contribution < 1.29 is 84.8 Å². The molecule has 1 aromatic heterocycles. The number of benzene rings is 4. The summed E-state index contributed by atoms with van der Waals surface area (Å²) in [6, 6.07) is 11.6. The van der Waals surface area contributed by atoms with E-state index in [1.165, 1.54) is 24.3 Å². The summed E-state index contributed by atoms with van der Waals surface area (Å²) in [5.74, 6) is -4.61. The maximum absolute atomic E-state index is 12.9. The predicted octanol–water partition coefficient (Wildman–Crippen LogP) is 6.13. The van der Waals surface area contributed by atoms with Crippen LogP contribution >= 0.6 is 24.4 Å². The fourth-order valence-electron chi connectivity index (χ4n) is 4.78. The van der Waals surface area contributed by atoms with Crippen molar-refractivity contribution in [2.45, 2.75) is 14.7 Å². The number of aromatic carboxylic acids is 1. The summed E-state index contributed by atoms with van der Waals surface area (Å²) >= 11 is 0.552. The number of azo groups is 2. The van der Waals surface area contributed by atoms with Gasteiger partial charge in [-0.1, -0.05) is 16.1 Å². The third-order valence-corrected chi connectivity index (χ3v) is 10.8. The van der Waals surface area contributed by atoms with Gasteiger partial charge in [-0.25, -0.2) is 28.4 Å². The smallest absolute Gasteiger partial charge is 0.357 e. The van der Waals surface area contributed by atoms with Gasteiger partial charge in [0.05, 0.1) is 52.7 Å². The van der Waals surface area contributed by atoms with Gasteiger partial charge in [-0.15, -0.1) is 29.1 Å². The van der Waals surface area contributed by atoms with Crippen LogP contribution in [0.3, 0.4) is 0 Å². The van der Waals surface area contributed by atoms with Gasteiger partial charge in [0.15, 0.2) is 39.3 Å². The van der Waals surface area contributed by atoms with Gasteiger partial charge in [-0.2, -0.15) is 13.5 Å². The number of nitrogens with zero attached hydrogens (tertiary/aromatic N) is 6. The Morgan fingerprint density at radius 1 is 0.877 bits per heavy atom. The Morgan fingerprint density at radius 3 is 2.23 bits per heavy atom. The highest BCUT2D eigenvalue weighted by Gasteiger charge is 2.26. The molecule has 0 spiro atoms. The number of phenols is 2. The number of carbonyl (C=O) groups is 1. The van der Waals surface area contributed by atoms with Crippen molar-refractivity contribution >= 4 is 83.8 Å². The number of carboxylic acid groups (broad SMARTS) is 1. The monoisotopic (exact) mass is 872 g/mol. The lowest BCUT2D eigenvalue weighted by molar-refractivity contribution is -0.434. The largest absolute Gasteiger partial charge is 0.506 e. The topological polar surface area (TPSA) is 350 Å². The van der Waals surface area contributed by atoms with Crippen molar-refractivity contribution in [1.29, 1.82) is 0 Å². The minimum atomic E-state index is -4.56. The lowest BCUT2D eigenvalue weighted by Gasteiger charge is -2.12. The third-order valence-electron chi connectivity index (χ3n) is 7.28. The zero-order chi connectivity index (χ0) is 41.5. The average Bonchev–Trinajstić information content (AvgIpc) is 3.51. The molecular weight excluding hydrogens is 849 g/mol. The van der Waals surface area contributed by atoms with Gasteiger partial charge < -0.3 is 25.2 Å². The average molecular weight is 873 g/mol. The molecule has 0 saturated heterocycles. The van der Waals surface area contributed by atoms with Crippen LogP contribution in [0.25, 0.3) is 16.5 Å². The maximum atomic E-state index is 12.9. The zero-order valence-corrected chi connectivity index (χ0v) is 31.4. The molecule has 28 heteroatoms. The van der Waals surface area contributed by atoms with Crippen molar-refractivity contribution in [3.05, 3.63) is 66.4 Å². The maximum Gasteiger partial charge on any atom is 0.357 e. The lowest BCUT2D eigenvalue weighted by atomic mass is 10.1. The Balaban J connectivity index is 1.50. The molecule has 0 saturated carbocycles. The number of aromatic hydroxyl groups is 3. The normalized spacial score (nSPS) is 12.3. The Hall–Kier alpha value is -5.50. The SMILES string of the molecule is COc1cc(N=Nc2c(SOOO)cc3ccc(/N=N/c4c(O)nn(-c5ccc(S(=O)(=O)O)cc5)c4C(=O)O)cc3c2O)c(O)cc1S(=O)(=O)CCOSOOO. The predicted molar refractivity (Wildman–Crippen MR) is 192 cm³/mol. The molecule has 0 aliphatic carbocycles. The van der Waals surface area contributed by atoms with E-state index in [1.807, 2.05) is 0 Å². The molecule has 0 aliphatic heterocycles. The number of aromatic nitrogens is 2. The van der Waals surface area contributed by atoms with E-state index in [1.54, 1.807) is 0 Å². The highest BCUT2D eigenvalue weighted by atomic mass is 32.2. The van der Waals surface area contributed by atoms with E-state index in [9.17, 15) is 46.6 Å². The molecule has 0 unspecified atom stereocenters. The van der Waals surface area contributed by atoms with Gasteiger partial charge in [-0.3, -0.25) is 8.74 Å². The third kappa shape index (κ3) is 9.91. The highest BCUT2D eigenvalue weighted by Crippen LogP contribution is 2.46. The molecule has 0 aliphatic rings. The second-order valence-corrected chi connectivity index (χ2v) is 15.4. The fraction of sp³-hybridized carbons (Fsp3) is 0.103. The van der Waals surface area contributed by atoms with Crippen molar-refractivity contribution in [3.8, 4) is 28.8 Å². The van der Waals surface area contributed by atoms with Gasteiger partial charge in [0.25, 0.3) is 16.0 Å². The molecule has 5 aromatic rings. The number of fused-ring (bicyclic) bond motifs is 1. The second-order valence-electron chi connectivity index (χ2n) is 10.7. The van der Waals surface area contributed by atoms with Crippen molar-refractivity contribution in [3.63, 3.8) is 0 Å². The quantitative estimate of drug-likeness (QED) is 0.0130. The standard InChI is InChI=1S/C29H24N6O18S4/c1-48-21-12-19(20(36)13-23(21)56(43,44)9-8-49-55-53-51-42)31-32-24-22(54-52-50-41)10-14-2-3-15(11-18(14)27(24)37)30-33-25-26(29(39)40)35(34-28(25)38)16-4-6-17(7-5-16)57(45,46)47/h2-7,10-13,36-37,41-42H,8-9H2,1H3,(H,34,38)(H,39,40)(H,45,46,47)/b32-31?,33-30+. The van der Waals surface area contributed by atoms with Crippen molar-refractivity contribution in [2.24, 2.45) is 20.5 Å². The van der Waals surface area contributed by atoms with Crippen LogP contribution in [0.1, 0.15) is 10.5 Å². The number of methoxy groups -OCH3 is 1. The van der Waals surface area contributed by atoms with E-state index in [0.29, 0.717) is 17.4 Å².